The molecule has 1 rings (SSSR count). The molecule has 0 aliphatic carbocycles. The summed E-state index contributed by atoms with van der Waals surface area (Å²) in [5.74, 6) is 0.0703. The number of carbonyl (C=O) groups excluding carboxylic acids is 1. The number of esters is 1. The van der Waals surface area contributed by atoms with Crippen molar-refractivity contribution in [2.45, 2.75) is 13.0 Å². The largest absolute Gasteiger partial charge is 0.467 e. The van der Waals surface area contributed by atoms with Crippen molar-refractivity contribution in [2.75, 3.05) is 12.4 Å². The number of hydrogen-bond acceptors (Lipinski definition) is 6. The van der Waals surface area contributed by atoms with Gasteiger partial charge in [-0.05, 0) is 17.4 Å². The van der Waals surface area contributed by atoms with Crippen LogP contribution in [-0.2, 0) is 16.6 Å². The number of methoxy groups -OCH3 is 1. The third kappa shape index (κ3) is 2.14. The highest BCUT2D eigenvalue weighted by molar-refractivity contribution is 5.77. The number of aromatic nitrogens is 4. The van der Waals surface area contributed by atoms with E-state index in [0.29, 0.717) is 5.95 Å². The Hall–Kier alpha value is -1.66. The van der Waals surface area contributed by atoms with Gasteiger partial charge in [-0.3, -0.25) is 0 Å². The second kappa shape index (κ2) is 3.83. The number of tetrazole rings is 1. The molecular formula is C6H11N5O2. The quantitative estimate of drug-likeness (QED) is 0.620. The van der Waals surface area contributed by atoms with Crippen molar-refractivity contribution in [1.82, 2.24) is 20.2 Å². The van der Waals surface area contributed by atoms with E-state index in [1.807, 2.05) is 0 Å². The molecule has 1 N–H and O–H groups in total. The summed E-state index contributed by atoms with van der Waals surface area (Å²) in [7, 11) is 3.00. The van der Waals surface area contributed by atoms with Crippen LogP contribution in [0, 0.1) is 0 Å². The average molecular weight is 185 g/mol. The van der Waals surface area contributed by atoms with Crippen LogP contribution in [0.2, 0.25) is 0 Å². The fourth-order valence-corrected chi connectivity index (χ4v) is 0.781. The topological polar surface area (TPSA) is 81.9 Å². The molecule has 72 valence electrons. The number of nitrogens with zero attached hydrogens (tertiary/aromatic N) is 4. The van der Waals surface area contributed by atoms with Crippen molar-refractivity contribution < 1.29 is 9.53 Å². The summed E-state index contributed by atoms with van der Waals surface area (Å²) in [5.41, 5.74) is 0. The third-order valence-corrected chi connectivity index (χ3v) is 1.52. The lowest BCUT2D eigenvalue weighted by Crippen LogP contribution is -2.28. The minimum absolute atomic E-state index is 0.358. The highest BCUT2D eigenvalue weighted by Crippen LogP contribution is 1.99. The minimum Gasteiger partial charge on any atom is -0.467 e. The molecule has 1 heterocycles. The molecule has 7 heteroatoms. The second-order valence-electron chi connectivity index (χ2n) is 2.52. The molecular weight excluding hydrogens is 174 g/mol. The standard InChI is InChI=1S/C6H11N5O2/c1-4(5(12)13-3)7-6-8-9-10-11(6)2/h4H,1-3H3,(H,7,8,10). The number of anilines is 1. The lowest BCUT2D eigenvalue weighted by Gasteiger charge is -2.10. The fourth-order valence-electron chi connectivity index (χ4n) is 0.781. The Morgan fingerprint density at radius 2 is 2.38 bits per heavy atom. The normalized spacial score (nSPS) is 12.2. The summed E-state index contributed by atoms with van der Waals surface area (Å²) in [4.78, 5) is 11.0. The Balaban J connectivity index is 2.59. The number of nitrogens with one attached hydrogen (secondary N) is 1. The molecule has 0 bridgehead atoms. The SMILES string of the molecule is COC(=O)C(C)Nc1nnnn1C. The van der Waals surface area contributed by atoms with Gasteiger partial charge in [-0.2, -0.15) is 0 Å². The molecule has 0 aliphatic heterocycles. The van der Waals surface area contributed by atoms with Crippen LogP contribution in [0.1, 0.15) is 6.92 Å². The van der Waals surface area contributed by atoms with Gasteiger partial charge < -0.3 is 10.1 Å². The van der Waals surface area contributed by atoms with Crippen LogP contribution in [0.4, 0.5) is 5.95 Å². The van der Waals surface area contributed by atoms with Gasteiger partial charge in [-0.25, -0.2) is 9.48 Å². The maximum atomic E-state index is 11.0. The maximum absolute atomic E-state index is 11.0. The zero-order valence-electron chi connectivity index (χ0n) is 7.68. The zero-order valence-corrected chi connectivity index (χ0v) is 7.68. The van der Waals surface area contributed by atoms with Crippen molar-refractivity contribution in [3.8, 4) is 0 Å². The molecule has 1 atom stereocenters. The van der Waals surface area contributed by atoms with Crippen LogP contribution in [0.25, 0.3) is 0 Å². The molecule has 0 saturated heterocycles. The number of ether oxygens (including phenoxy) is 1. The van der Waals surface area contributed by atoms with E-state index in [0.717, 1.165) is 0 Å². The van der Waals surface area contributed by atoms with Crippen LogP contribution in [0.3, 0.4) is 0 Å². The Morgan fingerprint density at radius 1 is 1.69 bits per heavy atom. The molecule has 1 aromatic heterocycles. The van der Waals surface area contributed by atoms with Gasteiger partial charge in [0.1, 0.15) is 6.04 Å². The summed E-state index contributed by atoms with van der Waals surface area (Å²) in [6, 6.07) is -0.463. The number of hydrogen-bond donors (Lipinski definition) is 1. The van der Waals surface area contributed by atoms with E-state index in [1.54, 1.807) is 14.0 Å². The zero-order chi connectivity index (χ0) is 9.84. The summed E-state index contributed by atoms with van der Waals surface area (Å²) in [5, 5.41) is 13.5. The van der Waals surface area contributed by atoms with E-state index in [9.17, 15) is 4.79 Å². The molecule has 1 aromatic rings. The molecule has 0 spiro atoms. The summed E-state index contributed by atoms with van der Waals surface area (Å²) < 4.78 is 5.95. The summed E-state index contributed by atoms with van der Waals surface area (Å²) in [6.45, 7) is 1.67. The van der Waals surface area contributed by atoms with E-state index in [2.05, 4.69) is 25.6 Å². The Labute approximate surface area is 75.1 Å². The first-order valence-electron chi connectivity index (χ1n) is 3.72. The van der Waals surface area contributed by atoms with Gasteiger partial charge in [0.25, 0.3) is 0 Å². The Bertz CT molecular complexity index is 297. The smallest absolute Gasteiger partial charge is 0.328 e. The van der Waals surface area contributed by atoms with Gasteiger partial charge >= 0.3 is 5.97 Å². The monoisotopic (exact) mass is 185 g/mol. The number of carbonyl (C=O) groups is 1. The lowest BCUT2D eigenvalue weighted by atomic mass is 10.3. The van der Waals surface area contributed by atoms with Crippen molar-refractivity contribution >= 4 is 11.9 Å². The highest BCUT2D eigenvalue weighted by Gasteiger charge is 2.14. The van der Waals surface area contributed by atoms with Gasteiger partial charge in [0.05, 0.1) is 7.11 Å². The predicted molar refractivity (Wildman–Crippen MR) is 43.9 cm³/mol. The van der Waals surface area contributed by atoms with E-state index < -0.39 is 6.04 Å². The van der Waals surface area contributed by atoms with E-state index in [4.69, 9.17) is 0 Å². The van der Waals surface area contributed by atoms with Gasteiger partial charge in [0.15, 0.2) is 0 Å². The van der Waals surface area contributed by atoms with Crippen molar-refractivity contribution in [2.24, 2.45) is 7.05 Å². The van der Waals surface area contributed by atoms with E-state index in [-0.39, 0.29) is 5.97 Å². The number of aryl methyl sites for hydroxylation is 1. The van der Waals surface area contributed by atoms with Gasteiger partial charge in [0.2, 0.25) is 5.95 Å². The van der Waals surface area contributed by atoms with Crippen molar-refractivity contribution in [3.63, 3.8) is 0 Å². The molecule has 0 aliphatic rings. The second-order valence-corrected chi connectivity index (χ2v) is 2.52. The fraction of sp³-hybridized carbons (Fsp3) is 0.667. The number of rotatable bonds is 3. The predicted octanol–water partition coefficient (Wildman–Crippen LogP) is -0.817. The Morgan fingerprint density at radius 3 is 2.85 bits per heavy atom. The minimum atomic E-state index is -0.463. The molecule has 7 nitrogen and oxygen atoms in total. The molecule has 1 unspecified atom stereocenters. The molecule has 0 saturated carbocycles. The highest BCUT2D eigenvalue weighted by atomic mass is 16.5. The average Bonchev–Trinajstić information content (AvgIpc) is 2.50. The van der Waals surface area contributed by atoms with Crippen molar-refractivity contribution in [3.05, 3.63) is 0 Å². The molecule has 0 aromatic carbocycles. The lowest BCUT2D eigenvalue weighted by molar-refractivity contribution is -0.141. The van der Waals surface area contributed by atoms with Gasteiger partial charge in [-0.1, -0.05) is 5.10 Å². The van der Waals surface area contributed by atoms with E-state index >= 15 is 0 Å². The maximum Gasteiger partial charge on any atom is 0.328 e. The first-order valence-corrected chi connectivity index (χ1v) is 3.72. The van der Waals surface area contributed by atoms with Crippen LogP contribution in [0.5, 0.6) is 0 Å². The van der Waals surface area contributed by atoms with E-state index in [1.165, 1.54) is 11.8 Å². The van der Waals surface area contributed by atoms with Crippen molar-refractivity contribution in [1.29, 1.82) is 0 Å². The van der Waals surface area contributed by atoms with Crippen LogP contribution >= 0.6 is 0 Å². The Kier molecular flexibility index (Phi) is 2.78. The summed E-state index contributed by atoms with van der Waals surface area (Å²) in [6.07, 6.45) is 0. The van der Waals surface area contributed by atoms with Crippen LogP contribution in [0.15, 0.2) is 0 Å². The first kappa shape index (κ1) is 9.43. The summed E-state index contributed by atoms with van der Waals surface area (Å²) >= 11 is 0. The van der Waals surface area contributed by atoms with Crippen LogP contribution in [-0.4, -0.2) is 39.3 Å². The van der Waals surface area contributed by atoms with Gasteiger partial charge in [-0.15, -0.1) is 0 Å². The molecule has 0 fully saturated rings. The molecule has 0 radical (unpaired) electrons. The third-order valence-electron chi connectivity index (χ3n) is 1.52. The molecule has 0 amide bonds. The van der Waals surface area contributed by atoms with Crippen LogP contribution < -0.4 is 5.32 Å². The first-order chi connectivity index (χ1) is 6.15. The molecule has 13 heavy (non-hydrogen) atoms. The van der Waals surface area contributed by atoms with Gasteiger partial charge in [0, 0.05) is 7.05 Å².